The molecule has 0 aliphatic carbocycles. The van der Waals surface area contributed by atoms with E-state index in [0.717, 1.165) is 70.1 Å². The number of rotatable bonds is 5. The van der Waals surface area contributed by atoms with Gasteiger partial charge in [0, 0.05) is 23.2 Å². The summed E-state index contributed by atoms with van der Waals surface area (Å²) < 4.78 is 0. The van der Waals surface area contributed by atoms with E-state index >= 15 is 0 Å². The predicted molar refractivity (Wildman–Crippen MR) is 123 cm³/mol. The zero-order valence-corrected chi connectivity index (χ0v) is 17.5. The van der Waals surface area contributed by atoms with Gasteiger partial charge < -0.3 is 10.3 Å². The van der Waals surface area contributed by atoms with Gasteiger partial charge in [0.1, 0.15) is 5.69 Å². The van der Waals surface area contributed by atoms with E-state index in [0.29, 0.717) is 0 Å². The summed E-state index contributed by atoms with van der Waals surface area (Å²) in [4.78, 5) is 13.0. The van der Waals surface area contributed by atoms with Crippen LogP contribution in [0.2, 0.25) is 0 Å². The molecule has 7 heteroatoms. The van der Waals surface area contributed by atoms with Crippen LogP contribution in [0.5, 0.6) is 0 Å². The first-order chi connectivity index (χ1) is 14.7. The molecular weight excluding hydrogens is 392 g/mol. The molecule has 0 unspecified atom stereocenters. The highest BCUT2D eigenvalue weighted by molar-refractivity contribution is 7.08. The molecule has 4 aromatic rings. The third-order valence-electron chi connectivity index (χ3n) is 5.32. The fraction of sp³-hybridized carbons (Fsp3) is 0.174. The number of nitrogens with one attached hydrogen (secondary N) is 3. The molecule has 1 aliphatic heterocycles. The number of hydrogen-bond acceptors (Lipinski definition) is 5. The number of H-pyrrole nitrogens is 2. The van der Waals surface area contributed by atoms with Crippen LogP contribution < -0.4 is 5.32 Å². The largest absolute Gasteiger partial charge is 0.340 e. The fourth-order valence-electron chi connectivity index (χ4n) is 3.81. The van der Waals surface area contributed by atoms with Gasteiger partial charge in [-0.15, -0.1) is 0 Å². The molecule has 4 aromatic heterocycles. The Bertz CT molecular complexity index is 1270. The van der Waals surface area contributed by atoms with Crippen molar-refractivity contribution in [1.82, 2.24) is 30.5 Å². The molecule has 3 N–H and O–H groups in total. The van der Waals surface area contributed by atoms with Crippen molar-refractivity contribution in [2.75, 3.05) is 13.1 Å². The maximum atomic E-state index is 4.92. The van der Waals surface area contributed by atoms with Gasteiger partial charge >= 0.3 is 0 Å². The molecule has 0 saturated carbocycles. The van der Waals surface area contributed by atoms with Crippen LogP contribution in [0.15, 0.2) is 53.9 Å². The summed E-state index contributed by atoms with van der Waals surface area (Å²) in [5, 5.41) is 16.2. The molecule has 1 aliphatic rings. The number of aryl methyl sites for hydroxylation is 1. The first-order valence-electron chi connectivity index (χ1n) is 9.91. The number of pyridine rings is 1. The van der Waals surface area contributed by atoms with Gasteiger partial charge in [0.05, 0.1) is 23.1 Å². The Balaban J connectivity index is 1.59. The number of thiophene rings is 1. The Morgan fingerprint density at radius 1 is 1.33 bits per heavy atom. The van der Waals surface area contributed by atoms with Crippen molar-refractivity contribution in [1.29, 1.82) is 0 Å². The summed E-state index contributed by atoms with van der Waals surface area (Å²) in [6.45, 7) is 7.77. The highest BCUT2D eigenvalue weighted by atomic mass is 32.1. The second-order valence-corrected chi connectivity index (χ2v) is 8.04. The lowest BCUT2D eigenvalue weighted by Crippen LogP contribution is -2.20. The van der Waals surface area contributed by atoms with Gasteiger partial charge in [-0.2, -0.15) is 16.4 Å². The quantitative estimate of drug-likeness (QED) is 0.413. The normalized spacial score (nSPS) is 14.8. The highest BCUT2D eigenvalue weighted by Crippen LogP contribution is 2.31. The average Bonchev–Trinajstić information content (AvgIpc) is 3.52. The van der Waals surface area contributed by atoms with Crippen LogP contribution in [0.25, 0.3) is 33.6 Å². The first kappa shape index (κ1) is 18.7. The van der Waals surface area contributed by atoms with Crippen molar-refractivity contribution < 1.29 is 0 Å². The topological polar surface area (TPSA) is 82.3 Å². The van der Waals surface area contributed by atoms with Crippen LogP contribution in [-0.2, 0) is 0 Å². The molecule has 0 bridgehead atoms. The minimum atomic E-state index is 0.746. The molecule has 0 amide bonds. The lowest BCUT2D eigenvalue weighted by Gasteiger charge is -2.13. The van der Waals surface area contributed by atoms with Gasteiger partial charge in [-0.25, -0.2) is 4.98 Å². The predicted octanol–water partition coefficient (Wildman–Crippen LogP) is 4.71. The van der Waals surface area contributed by atoms with E-state index in [1.165, 1.54) is 5.57 Å². The van der Waals surface area contributed by atoms with Crippen LogP contribution in [0, 0.1) is 6.92 Å². The summed E-state index contributed by atoms with van der Waals surface area (Å²) in [6.07, 6.45) is 8.85. The van der Waals surface area contributed by atoms with Crippen LogP contribution >= 0.6 is 11.3 Å². The Kier molecular flexibility index (Phi) is 4.90. The van der Waals surface area contributed by atoms with E-state index in [9.17, 15) is 0 Å². The molecule has 5 rings (SSSR count). The van der Waals surface area contributed by atoms with Crippen molar-refractivity contribution in [3.63, 3.8) is 0 Å². The van der Waals surface area contributed by atoms with Gasteiger partial charge in [-0.1, -0.05) is 24.8 Å². The molecule has 150 valence electrons. The standard InChI is InChI=1S/C23H22N6S/c1-3-4-17(16-7-10-30-13-16)21-14(2)26-23(27-21)22-18-11-19(15-5-8-24-9-6-15)25-12-20(18)28-29-22/h3-5,7,10-13,24H,1,6,8-9H2,2H3,(H,26,27)(H,28,29)/b17-4-. The summed E-state index contributed by atoms with van der Waals surface area (Å²) >= 11 is 1.67. The summed E-state index contributed by atoms with van der Waals surface area (Å²) in [6, 6.07) is 4.21. The maximum absolute atomic E-state index is 4.92. The van der Waals surface area contributed by atoms with E-state index in [1.807, 2.05) is 19.2 Å². The molecule has 0 fully saturated rings. The smallest absolute Gasteiger partial charge is 0.159 e. The molecule has 0 atom stereocenters. The average molecular weight is 415 g/mol. The summed E-state index contributed by atoms with van der Waals surface area (Å²) in [5.41, 5.74) is 8.07. The molecule has 0 saturated heterocycles. The first-order valence-corrected chi connectivity index (χ1v) is 10.9. The van der Waals surface area contributed by atoms with Crippen LogP contribution in [0.1, 0.15) is 29.1 Å². The minimum absolute atomic E-state index is 0.746. The van der Waals surface area contributed by atoms with Gasteiger partial charge in [0.25, 0.3) is 0 Å². The van der Waals surface area contributed by atoms with Crippen molar-refractivity contribution >= 4 is 33.4 Å². The number of aromatic amines is 2. The zero-order chi connectivity index (χ0) is 20.5. The van der Waals surface area contributed by atoms with Crippen molar-refractivity contribution in [2.45, 2.75) is 13.3 Å². The van der Waals surface area contributed by atoms with E-state index in [1.54, 1.807) is 17.4 Å². The van der Waals surface area contributed by atoms with Crippen molar-refractivity contribution in [3.05, 3.63) is 76.5 Å². The van der Waals surface area contributed by atoms with Crippen LogP contribution in [0.3, 0.4) is 0 Å². The molecule has 6 nitrogen and oxygen atoms in total. The zero-order valence-electron chi connectivity index (χ0n) is 16.7. The third kappa shape index (κ3) is 3.32. The maximum Gasteiger partial charge on any atom is 0.159 e. The minimum Gasteiger partial charge on any atom is -0.340 e. The molecular formula is C23H22N6S. The van der Waals surface area contributed by atoms with Gasteiger partial charge in [0.2, 0.25) is 0 Å². The molecule has 5 heterocycles. The molecule has 0 spiro atoms. The number of imidazole rings is 1. The molecule has 0 aromatic carbocycles. The van der Waals surface area contributed by atoms with Crippen LogP contribution in [0.4, 0.5) is 0 Å². The Morgan fingerprint density at radius 3 is 3.03 bits per heavy atom. The van der Waals surface area contributed by atoms with Gasteiger partial charge in [-0.3, -0.25) is 10.1 Å². The Hall–Kier alpha value is -3.29. The van der Waals surface area contributed by atoms with Crippen LogP contribution in [-0.4, -0.2) is 38.2 Å². The number of hydrogen-bond donors (Lipinski definition) is 3. The van der Waals surface area contributed by atoms with E-state index in [4.69, 9.17) is 4.98 Å². The second kappa shape index (κ2) is 7.85. The molecule has 0 radical (unpaired) electrons. The number of fused-ring (bicyclic) bond motifs is 1. The van der Waals surface area contributed by atoms with Gasteiger partial charge in [0.15, 0.2) is 5.82 Å². The van der Waals surface area contributed by atoms with Crippen molar-refractivity contribution in [2.24, 2.45) is 0 Å². The van der Waals surface area contributed by atoms with E-state index in [-0.39, 0.29) is 0 Å². The summed E-state index contributed by atoms with van der Waals surface area (Å²) in [7, 11) is 0. The summed E-state index contributed by atoms with van der Waals surface area (Å²) in [5.74, 6) is 0.746. The number of nitrogens with zero attached hydrogens (tertiary/aromatic N) is 3. The number of allylic oxidation sites excluding steroid dienone is 2. The Morgan fingerprint density at radius 2 is 2.27 bits per heavy atom. The molecule has 30 heavy (non-hydrogen) atoms. The monoisotopic (exact) mass is 414 g/mol. The van der Waals surface area contributed by atoms with Gasteiger partial charge in [-0.05, 0) is 53.9 Å². The fourth-order valence-corrected chi connectivity index (χ4v) is 4.47. The lowest BCUT2D eigenvalue weighted by molar-refractivity contribution is 0.737. The van der Waals surface area contributed by atoms with Crippen molar-refractivity contribution in [3.8, 4) is 11.5 Å². The highest BCUT2D eigenvalue weighted by Gasteiger charge is 2.19. The number of aromatic nitrogens is 5. The van der Waals surface area contributed by atoms with E-state index in [2.05, 4.69) is 61.0 Å². The Labute approximate surface area is 178 Å². The SMILES string of the molecule is C=C/C=C(/c1ccsc1)c1nc(-c2n[nH]c3cnc(C4=CCNCC4)cc23)[nH]c1C. The third-order valence-corrected chi connectivity index (χ3v) is 6.00. The lowest BCUT2D eigenvalue weighted by atomic mass is 10.0. The van der Waals surface area contributed by atoms with E-state index < -0.39 is 0 Å². The second-order valence-electron chi connectivity index (χ2n) is 7.26.